The maximum atomic E-state index is 10.9. The highest BCUT2D eigenvalue weighted by Gasteiger charge is 2.24. The van der Waals surface area contributed by atoms with Crippen LogP contribution in [-0.2, 0) is 4.74 Å². The van der Waals surface area contributed by atoms with Gasteiger partial charge in [-0.1, -0.05) is 0 Å². The summed E-state index contributed by atoms with van der Waals surface area (Å²) >= 11 is 0. The molecule has 0 amide bonds. The Bertz CT molecular complexity index is 368. The van der Waals surface area contributed by atoms with Gasteiger partial charge >= 0.3 is 5.97 Å². The third-order valence-corrected chi connectivity index (χ3v) is 2.52. The fourth-order valence-electron chi connectivity index (χ4n) is 1.77. The SMILES string of the molecule is O=C(O)c1c(O)cnn1C1CCOCC1. The van der Waals surface area contributed by atoms with Crippen LogP contribution < -0.4 is 0 Å². The van der Waals surface area contributed by atoms with Gasteiger partial charge in [0.1, 0.15) is 0 Å². The first-order chi connectivity index (χ1) is 7.20. The Labute approximate surface area is 86.1 Å². The largest absolute Gasteiger partial charge is 0.504 e. The first kappa shape index (κ1) is 9.97. The molecule has 0 bridgehead atoms. The molecular weight excluding hydrogens is 200 g/mol. The molecule has 1 fully saturated rings. The Morgan fingerprint density at radius 2 is 2.20 bits per heavy atom. The molecule has 1 aliphatic heterocycles. The molecule has 1 aromatic heterocycles. The molecule has 0 aromatic carbocycles. The van der Waals surface area contributed by atoms with E-state index in [-0.39, 0.29) is 17.5 Å². The van der Waals surface area contributed by atoms with E-state index in [2.05, 4.69) is 5.10 Å². The normalized spacial score (nSPS) is 17.9. The maximum absolute atomic E-state index is 10.9. The molecule has 1 aromatic rings. The second-order valence-corrected chi connectivity index (χ2v) is 3.47. The first-order valence-electron chi connectivity index (χ1n) is 4.77. The molecule has 0 radical (unpaired) electrons. The Kier molecular flexibility index (Phi) is 2.59. The Morgan fingerprint density at radius 1 is 1.53 bits per heavy atom. The highest BCUT2D eigenvalue weighted by molar-refractivity contribution is 5.88. The lowest BCUT2D eigenvalue weighted by Crippen LogP contribution is -2.23. The van der Waals surface area contributed by atoms with Crippen molar-refractivity contribution in [2.45, 2.75) is 18.9 Å². The van der Waals surface area contributed by atoms with Gasteiger partial charge in [0, 0.05) is 13.2 Å². The summed E-state index contributed by atoms with van der Waals surface area (Å²) in [6.07, 6.45) is 2.61. The fraction of sp³-hybridized carbons (Fsp3) is 0.556. The lowest BCUT2D eigenvalue weighted by atomic mass is 10.1. The average molecular weight is 212 g/mol. The third kappa shape index (κ3) is 1.80. The van der Waals surface area contributed by atoms with Gasteiger partial charge in [-0.3, -0.25) is 4.68 Å². The van der Waals surface area contributed by atoms with Crippen LogP contribution >= 0.6 is 0 Å². The van der Waals surface area contributed by atoms with Gasteiger partial charge in [0.05, 0.1) is 12.2 Å². The number of hydrogen-bond donors (Lipinski definition) is 2. The summed E-state index contributed by atoms with van der Waals surface area (Å²) in [5, 5.41) is 22.1. The van der Waals surface area contributed by atoms with Crippen LogP contribution in [0.25, 0.3) is 0 Å². The predicted octanol–water partition coefficient (Wildman–Crippen LogP) is 0.638. The molecule has 0 saturated carbocycles. The molecule has 0 spiro atoms. The van der Waals surface area contributed by atoms with E-state index in [1.165, 1.54) is 10.9 Å². The van der Waals surface area contributed by atoms with E-state index < -0.39 is 5.97 Å². The average Bonchev–Trinajstić information content (AvgIpc) is 2.61. The second kappa shape index (κ2) is 3.90. The second-order valence-electron chi connectivity index (χ2n) is 3.47. The smallest absolute Gasteiger partial charge is 0.358 e. The van der Waals surface area contributed by atoms with Gasteiger partial charge < -0.3 is 14.9 Å². The summed E-state index contributed by atoms with van der Waals surface area (Å²) in [7, 11) is 0. The molecule has 82 valence electrons. The van der Waals surface area contributed by atoms with E-state index in [9.17, 15) is 9.90 Å². The van der Waals surface area contributed by atoms with Gasteiger partial charge in [-0.15, -0.1) is 0 Å². The quantitative estimate of drug-likeness (QED) is 0.751. The number of aromatic carboxylic acids is 1. The number of carboxylic acids is 1. The number of ether oxygens (including phenoxy) is 1. The summed E-state index contributed by atoms with van der Waals surface area (Å²) in [5.41, 5.74) is -0.137. The molecular formula is C9H12N2O4. The molecule has 0 unspecified atom stereocenters. The number of aromatic nitrogens is 2. The van der Waals surface area contributed by atoms with Crippen LogP contribution in [-0.4, -0.2) is 39.2 Å². The van der Waals surface area contributed by atoms with E-state index >= 15 is 0 Å². The standard InChI is InChI=1S/C9H12N2O4/c12-7-5-10-11(8(7)9(13)14)6-1-3-15-4-2-6/h5-6,12H,1-4H2,(H,13,14). The molecule has 6 nitrogen and oxygen atoms in total. The molecule has 1 aliphatic rings. The van der Waals surface area contributed by atoms with E-state index in [1.807, 2.05) is 0 Å². The zero-order valence-electron chi connectivity index (χ0n) is 8.09. The van der Waals surface area contributed by atoms with Gasteiger partial charge in [0.2, 0.25) is 0 Å². The molecule has 2 rings (SSSR count). The van der Waals surface area contributed by atoms with Gasteiger partial charge in [0.25, 0.3) is 0 Å². The molecule has 2 N–H and O–H groups in total. The van der Waals surface area contributed by atoms with Crippen molar-refractivity contribution in [2.24, 2.45) is 0 Å². The van der Waals surface area contributed by atoms with Crippen LogP contribution in [0, 0.1) is 0 Å². The van der Waals surface area contributed by atoms with Crippen molar-refractivity contribution >= 4 is 5.97 Å². The van der Waals surface area contributed by atoms with Crippen molar-refractivity contribution in [3.05, 3.63) is 11.9 Å². The number of rotatable bonds is 2. The molecule has 6 heteroatoms. The van der Waals surface area contributed by atoms with Crippen LogP contribution in [0.5, 0.6) is 5.75 Å². The monoisotopic (exact) mass is 212 g/mol. The first-order valence-corrected chi connectivity index (χ1v) is 4.77. The van der Waals surface area contributed by atoms with E-state index in [4.69, 9.17) is 9.84 Å². The molecule has 0 atom stereocenters. The minimum absolute atomic E-state index is 0.00532. The predicted molar refractivity (Wildman–Crippen MR) is 49.9 cm³/mol. The number of carbonyl (C=O) groups is 1. The number of hydrogen-bond acceptors (Lipinski definition) is 4. The molecule has 0 aliphatic carbocycles. The Morgan fingerprint density at radius 3 is 2.80 bits per heavy atom. The Balaban J connectivity index is 2.30. The topological polar surface area (TPSA) is 84.6 Å². The summed E-state index contributed by atoms with van der Waals surface area (Å²) in [6, 6.07) is 0.00532. The van der Waals surface area contributed by atoms with E-state index in [0.717, 1.165) is 12.8 Å². The molecule has 1 saturated heterocycles. The zero-order chi connectivity index (χ0) is 10.8. The van der Waals surface area contributed by atoms with Crippen LogP contribution in [0.15, 0.2) is 6.20 Å². The van der Waals surface area contributed by atoms with Gasteiger partial charge in [0.15, 0.2) is 11.4 Å². The summed E-state index contributed by atoms with van der Waals surface area (Å²) in [6.45, 7) is 1.20. The minimum Gasteiger partial charge on any atom is -0.504 e. The summed E-state index contributed by atoms with van der Waals surface area (Å²) in [4.78, 5) is 10.9. The van der Waals surface area contributed by atoms with Crippen molar-refractivity contribution in [1.82, 2.24) is 9.78 Å². The lowest BCUT2D eigenvalue weighted by molar-refractivity contribution is 0.0580. The third-order valence-electron chi connectivity index (χ3n) is 2.52. The fourth-order valence-corrected chi connectivity index (χ4v) is 1.77. The van der Waals surface area contributed by atoms with Crippen molar-refractivity contribution in [2.75, 3.05) is 13.2 Å². The minimum atomic E-state index is -1.16. The van der Waals surface area contributed by atoms with Crippen molar-refractivity contribution in [3.8, 4) is 5.75 Å². The number of aromatic hydroxyl groups is 1. The van der Waals surface area contributed by atoms with E-state index in [0.29, 0.717) is 13.2 Å². The summed E-state index contributed by atoms with van der Waals surface area (Å²) in [5.74, 6) is -1.44. The van der Waals surface area contributed by atoms with Crippen molar-refractivity contribution in [3.63, 3.8) is 0 Å². The number of carboxylic acid groups (broad SMARTS) is 1. The lowest BCUT2D eigenvalue weighted by Gasteiger charge is -2.23. The maximum Gasteiger partial charge on any atom is 0.358 e. The number of nitrogens with zero attached hydrogens (tertiary/aromatic N) is 2. The Hall–Kier alpha value is -1.56. The van der Waals surface area contributed by atoms with Crippen LogP contribution in [0.4, 0.5) is 0 Å². The van der Waals surface area contributed by atoms with Gasteiger partial charge in [-0.05, 0) is 12.8 Å². The van der Waals surface area contributed by atoms with Gasteiger partial charge in [-0.2, -0.15) is 5.10 Å². The van der Waals surface area contributed by atoms with Crippen molar-refractivity contribution < 1.29 is 19.7 Å². The summed E-state index contributed by atoms with van der Waals surface area (Å²) < 4.78 is 6.55. The van der Waals surface area contributed by atoms with Gasteiger partial charge in [-0.25, -0.2) is 4.79 Å². The highest BCUT2D eigenvalue weighted by atomic mass is 16.5. The van der Waals surface area contributed by atoms with Crippen LogP contribution in [0.2, 0.25) is 0 Å². The molecule has 2 heterocycles. The van der Waals surface area contributed by atoms with Crippen LogP contribution in [0.3, 0.4) is 0 Å². The zero-order valence-corrected chi connectivity index (χ0v) is 8.09. The van der Waals surface area contributed by atoms with Crippen LogP contribution in [0.1, 0.15) is 29.4 Å². The van der Waals surface area contributed by atoms with Crippen molar-refractivity contribution in [1.29, 1.82) is 0 Å². The highest BCUT2D eigenvalue weighted by Crippen LogP contribution is 2.26. The molecule has 15 heavy (non-hydrogen) atoms. The van der Waals surface area contributed by atoms with E-state index in [1.54, 1.807) is 0 Å².